The van der Waals surface area contributed by atoms with Gasteiger partial charge in [-0.15, -0.1) is 0 Å². The predicted molar refractivity (Wildman–Crippen MR) is 154 cm³/mol. The highest BCUT2D eigenvalue weighted by Crippen LogP contribution is 2.36. The maximum atomic E-state index is 5.98. The number of unbranched alkanes of at least 4 members (excludes halogenated alkanes) is 6. The second-order valence-electron chi connectivity index (χ2n) is 9.89. The first-order chi connectivity index (χ1) is 17.6. The fourth-order valence-electron chi connectivity index (χ4n) is 4.28. The Bertz CT molecular complexity index is 920. The van der Waals surface area contributed by atoms with Gasteiger partial charge in [-0.1, -0.05) is 78.4 Å². The minimum Gasteiger partial charge on any atom is -0.494 e. The van der Waals surface area contributed by atoms with Gasteiger partial charge in [-0.25, -0.2) is 0 Å². The van der Waals surface area contributed by atoms with E-state index in [2.05, 4.69) is 105 Å². The zero-order valence-corrected chi connectivity index (χ0v) is 22.8. The second kappa shape index (κ2) is 15.2. The highest BCUT2D eigenvalue weighted by molar-refractivity contribution is 5.77. The van der Waals surface area contributed by atoms with Crippen LogP contribution in [0.3, 0.4) is 0 Å². The highest BCUT2D eigenvalue weighted by atomic mass is 16.5. The maximum absolute atomic E-state index is 5.98. The molecule has 3 aromatic carbocycles. The van der Waals surface area contributed by atoms with Crippen LogP contribution in [0.1, 0.15) is 90.5 Å². The molecule has 0 fully saturated rings. The third kappa shape index (κ3) is 8.62. The Labute approximate surface area is 219 Å². The zero-order chi connectivity index (χ0) is 25.6. The summed E-state index contributed by atoms with van der Waals surface area (Å²) in [5.74, 6) is 2.37. The van der Waals surface area contributed by atoms with E-state index in [4.69, 9.17) is 9.47 Å². The number of ether oxygens (including phenoxy) is 2. The van der Waals surface area contributed by atoms with E-state index in [1.807, 2.05) is 0 Å². The summed E-state index contributed by atoms with van der Waals surface area (Å²) in [6, 6.07) is 25.8. The first-order valence-electron chi connectivity index (χ1n) is 14.0. The molecule has 0 aliphatic carbocycles. The predicted octanol–water partition coefficient (Wildman–Crippen LogP) is 10.2. The third-order valence-corrected chi connectivity index (χ3v) is 6.54. The number of anilines is 3. The minimum atomic E-state index is 0.509. The van der Waals surface area contributed by atoms with Crippen LogP contribution in [0, 0.1) is 0 Å². The van der Waals surface area contributed by atoms with Crippen LogP contribution in [-0.4, -0.2) is 13.2 Å². The van der Waals surface area contributed by atoms with Gasteiger partial charge in [0.05, 0.1) is 13.2 Å². The molecule has 0 aliphatic heterocycles. The first-order valence-corrected chi connectivity index (χ1v) is 14.0. The van der Waals surface area contributed by atoms with Gasteiger partial charge in [-0.05, 0) is 85.0 Å². The highest BCUT2D eigenvalue weighted by Gasteiger charge is 2.13. The van der Waals surface area contributed by atoms with Gasteiger partial charge >= 0.3 is 0 Å². The van der Waals surface area contributed by atoms with E-state index in [0.29, 0.717) is 5.92 Å². The zero-order valence-electron chi connectivity index (χ0n) is 22.8. The number of nitrogens with zero attached hydrogens (tertiary/aromatic N) is 1. The lowest BCUT2D eigenvalue weighted by Crippen LogP contribution is -2.10. The molecule has 0 aliphatic rings. The van der Waals surface area contributed by atoms with Crippen molar-refractivity contribution in [3.05, 3.63) is 78.4 Å². The molecule has 0 saturated heterocycles. The SMILES string of the molecule is CCCCCCOc1ccc(N(c2ccc(OCCCCCC)cc2)c2ccc(C(C)C)cc2)cc1. The summed E-state index contributed by atoms with van der Waals surface area (Å²) < 4.78 is 12.0. The van der Waals surface area contributed by atoms with Crippen molar-refractivity contribution in [2.24, 2.45) is 0 Å². The van der Waals surface area contributed by atoms with Crippen molar-refractivity contribution < 1.29 is 9.47 Å². The third-order valence-electron chi connectivity index (χ3n) is 6.54. The van der Waals surface area contributed by atoms with Gasteiger partial charge in [-0.3, -0.25) is 0 Å². The molecule has 0 amide bonds. The lowest BCUT2D eigenvalue weighted by atomic mass is 10.0. The summed E-state index contributed by atoms with van der Waals surface area (Å²) >= 11 is 0. The summed E-state index contributed by atoms with van der Waals surface area (Å²) in [5, 5.41) is 0. The van der Waals surface area contributed by atoms with E-state index in [-0.39, 0.29) is 0 Å². The summed E-state index contributed by atoms with van der Waals surface area (Å²) in [7, 11) is 0. The van der Waals surface area contributed by atoms with Gasteiger partial charge < -0.3 is 14.4 Å². The van der Waals surface area contributed by atoms with Crippen molar-refractivity contribution in [2.75, 3.05) is 18.1 Å². The van der Waals surface area contributed by atoms with Crippen molar-refractivity contribution in [1.29, 1.82) is 0 Å². The topological polar surface area (TPSA) is 21.7 Å². The van der Waals surface area contributed by atoms with Crippen LogP contribution in [-0.2, 0) is 0 Å². The Hall–Kier alpha value is -2.94. The molecule has 194 valence electrons. The van der Waals surface area contributed by atoms with Crippen LogP contribution in [0.25, 0.3) is 0 Å². The Kier molecular flexibility index (Phi) is 11.7. The normalized spacial score (nSPS) is 11.0. The molecule has 0 bridgehead atoms. The average Bonchev–Trinajstić information content (AvgIpc) is 2.90. The molecule has 3 aromatic rings. The maximum Gasteiger partial charge on any atom is 0.119 e. The molecule has 3 rings (SSSR count). The second-order valence-corrected chi connectivity index (χ2v) is 9.89. The van der Waals surface area contributed by atoms with E-state index >= 15 is 0 Å². The fraction of sp³-hybridized carbons (Fsp3) is 0.455. The van der Waals surface area contributed by atoms with Gasteiger partial charge in [0.1, 0.15) is 11.5 Å². The van der Waals surface area contributed by atoms with E-state index in [1.165, 1.54) is 44.1 Å². The Balaban J connectivity index is 1.75. The summed E-state index contributed by atoms with van der Waals surface area (Å²) in [6.07, 6.45) is 9.71. The number of benzene rings is 3. The Morgan fingerprint density at radius 2 is 0.917 bits per heavy atom. The monoisotopic (exact) mass is 487 g/mol. The molecule has 3 heteroatoms. The van der Waals surface area contributed by atoms with Crippen LogP contribution >= 0.6 is 0 Å². The molecule has 0 spiro atoms. The summed E-state index contributed by atoms with van der Waals surface area (Å²) in [6.45, 7) is 10.5. The molecule has 0 atom stereocenters. The van der Waals surface area contributed by atoms with Gasteiger partial charge in [0.15, 0.2) is 0 Å². The largest absolute Gasteiger partial charge is 0.494 e. The standard InChI is InChI=1S/C33H45NO2/c1-5-7-9-11-25-35-32-21-17-30(18-22-32)34(29-15-13-28(14-16-29)27(3)4)31-19-23-33(24-20-31)36-26-12-10-8-6-2/h13-24,27H,5-12,25-26H2,1-4H3. The van der Waals surface area contributed by atoms with Crippen LogP contribution in [0.5, 0.6) is 11.5 Å². The van der Waals surface area contributed by atoms with Crippen molar-refractivity contribution >= 4 is 17.1 Å². The molecule has 0 aromatic heterocycles. The van der Waals surface area contributed by atoms with Crippen molar-refractivity contribution in [3.8, 4) is 11.5 Å². The van der Waals surface area contributed by atoms with Gasteiger partial charge in [0, 0.05) is 17.1 Å². The van der Waals surface area contributed by atoms with Crippen LogP contribution < -0.4 is 14.4 Å². The first kappa shape index (κ1) is 27.6. The smallest absolute Gasteiger partial charge is 0.119 e. The number of hydrogen-bond donors (Lipinski definition) is 0. The van der Waals surface area contributed by atoms with Crippen LogP contribution in [0.15, 0.2) is 72.8 Å². The molecule has 0 heterocycles. The molecular weight excluding hydrogens is 442 g/mol. The average molecular weight is 488 g/mol. The molecule has 0 radical (unpaired) electrons. The molecule has 0 saturated carbocycles. The van der Waals surface area contributed by atoms with E-state index in [0.717, 1.165) is 54.6 Å². The number of hydrogen-bond acceptors (Lipinski definition) is 3. The lowest BCUT2D eigenvalue weighted by Gasteiger charge is -2.26. The Morgan fingerprint density at radius 1 is 0.528 bits per heavy atom. The van der Waals surface area contributed by atoms with Gasteiger partial charge in [0.25, 0.3) is 0 Å². The summed E-state index contributed by atoms with van der Waals surface area (Å²) in [4.78, 5) is 2.29. The molecule has 0 N–H and O–H groups in total. The summed E-state index contributed by atoms with van der Waals surface area (Å²) in [5.41, 5.74) is 4.70. The quantitative estimate of drug-likeness (QED) is 0.188. The lowest BCUT2D eigenvalue weighted by molar-refractivity contribution is 0.305. The Morgan fingerprint density at radius 3 is 1.28 bits per heavy atom. The van der Waals surface area contributed by atoms with Crippen molar-refractivity contribution in [3.63, 3.8) is 0 Å². The van der Waals surface area contributed by atoms with E-state index < -0.39 is 0 Å². The van der Waals surface area contributed by atoms with E-state index in [9.17, 15) is 0 Å². The van der Waals surface area contributed by atoms with Gasteiger partial charge in [-0.2, -0.15) is 0 Å². The van der Waals surface area contributed by atoms with Crippen LogP contribution in [0.4, 0.5) is 17.1 Å². The minimum absolute atomic E-state index is 0.509. The van der Waals surface area contributed by atoms with Gasteiger partial charge in [0.2, 0.25) is 0 Å². The molecule has 3 nitrogen and oxygen atoms in total. The molecule has 0 unspecified atom stereocenters. The fourth-order valence-corrected chi connectivity index (χ4v) is 4.28. The van der Waals surface area contributed by atoms with Crippen molar-refractivity contribution in [1.82, 2.24) is 0 Å². The molecular formula is C33H45NO2. The molecule has 36 heavy (non-hydrogen) atoms. The van der Waals surface area contributed by atoms with Crippen molar-refractivity contribution in [2.45, 2.75) is 85.0 Å². The van der Waals surface area contributed by atoms with Crippen LogP contribution in [0.2, 0.25) is 0 Å². The number of rotatable bonds is 16. The van der Waals surface area contributed by atoms with E-state index in [1.54, 1.807) is 0 Å².